The predicted molar refractivity (Wildman–Crippen MR) is 109 cm³/mol. The summed E-state index contributed by atoms with van der Waals surface area (Å²) < 4.78 is 16.6. The summed E-state index contributed by atoms with van der Waals surface area (Å²) in [5.41, 5.74) is 2.88. The van der Waals surface area contributed by atoms with Crippen LogP contribution in [-0.4, -0.2) is 38.4 Å². The summed E-state index contributed by atoms with van der Waals surface area (Å²) in [7, 11) is 1.54. The van der Waals surface area contributed by atoms with E-state index < -0.39 is 17.9 Å². The van der Waals surface area contributed by atoms with E-state index >= 15 is 0 Å². The van der Waals surface area contributed by atoms with Gasteiger partial charge in [-0.2, -0.15) is 0 Å². The number of hydrogen-bond donors (Lipinski definition) is 1. The van der Waals surface area contributed by atoms with Gasteiger partial charge in [-0.1, -0.05) is 28.1 Å². The van der Waals surface area contributed by atoms with Gasteiger partial charge in [0.1, 0.15) is 6.61 Å². The standard InChI is InChI=1S/C21H26BrNO5/c1-12(2)28-21(25)18-14(4)23-13(3)17(20(24)27-10-9-26-5)19(18)15-7-6-8-16(22)11-15/h6-8,11-12,19,23H,9-10H2,1-5H3. The van der Waals surface area contributed by atoms with E-state index in [2.05, 4.69) is 21.2 Å². The molecule has 2 rings (SSSR count). The van der Waals surface area contributed by atoms with Crippen LogP contribution in [0.25, 0.3) is 0 Å². The zero-order valence-corrected chi connectivity index (χ0v) is 18.4. The molecule has 1 atom stereocenters. The van der Waals surface area contributed by atoms with E-state index in [1.54, 1.807) is 27.7 Å². The molecule has 28 heavy (non-hydrogen) atoms. The number of rotatable bonds is 7. The van der Waals surface area contributed by atoms with Crippen LogP contribution in [0.4, 0.5) is 0 Å². The number of hydrogen-bond acceptors (Lipinski definition) is 6. The molecule has 1 N–H and O–H groups in total. The molecule has 0 amide bonds. The maximum absolute atomic E-state index is 12.9. The number of nitrogens with one attached hydrogen (secondary N) is 1. The van der Waals surface area contributed by atoms with Crippen LogP contribution < -0.4 is 5.32 Å². The number of carbonyl (C=O) groups is 2. The third-order valence-electron chi connectivity index (χ3n) is 4.25. The summed E-state index contributed by atoms with van der Waals surface area (Å²) in [6, 6.07) is 7.53. The Hall–Kier alpha value is -2.12. The van der Waals surface area contributed by atoms with Gasteiger partial charge in [-0.3, -0.25) is 0 Å². The van der Waals surface area contributed by atoms with Crippen molar-refractivity contribution in [1.82, 2.24) is 5.32 Å². The molecule has 0 fully saturated rings. The average molecular weight is 452 g/mol. The fourth-order valence-electron chi connectivity index (χ4n) is 3.13. The van der Waals surface area contributed by atoms with Crippen molar-refractivity contribution < 1.29 is 23.8 Å². The van der Waals surface area contributed by atoms with Crippen LogP contribution in [0.3, 0.4) is 0 Å². The molecule has 152 valence electrons. The summed E-state index contributed by atoms with van der Waals surface area (Å²) in [5, 5.41) is 3.13. The van der Waals surface area contributed by atoms with Crippen LogP contribution in [0.2, 0.25) is 0 Å². The lowest BCUT2D eigenvalue weighted by Crippen LogP contribution is -2.33. The number of allylic oxidation sites excluding steroid dienone is 2. The van der Waals surface area contributed by atoms with Crippen molar-refractivity contribution in [1.29, 1.82) is 0 Å². The van der Waals surface area contributed by atoms with E-state index in [0.29, 0.717) is 29.1 Å². The molecule has 0 spiro atoms. The van der Waals surface area contributed by atoms with Crippen LogP contribution in [0.1, 0.15) is 39.2 Å². The van der Waals surface area contributed by atoms with Crippen LogP contribution in [0.5, 0.6) is 0 Å². The Morgan fingerprint density at radius 2 is 1.75 bits per heavy atom. The van der Waals surface area contributed by atoms with E-state index in [1.165, 1.54) is 7.11 Å². The Bertz CT molecular complexity index is 813. The second-order valence-electron chi connectivity index (χ2n) is 6.77. The number of halogens is 1. The van der Waals surface area contributed by atoms with E-state index in [-0.39, 0.29) is 12.7 Å². The van der Waals surface area contributed by atoms with Gasteiger partial charge in [-0.15, -0.1) is 0 Å². The Morgan fingerprint density at radius 3 is 2.32 bits per heavy atom. The highest BCUT2D eigenvalue weighted by molar-refractivity contribution is 9.10. The lowest BCUT2D eigenvalue weighted by molar-refractivity contribution is -0.143. The van der Waals surface area contributed by atoms with Crippen molar-refractivity contribution in [2.24, 2.45) is 0 Å². The fourth-order valence-corrected chi connectivity index (χ4v) is 3.54. The summed E-state index contributed by atoms with van der Waals surface area (Å²) in [5.74, 6) is -1.55. The lowest BCUT2D eigenvalue weighted by atomic mass is 9.80. The molecule has 1 aliphatic rings. The monoisotopic (exact) mass is 451 g/mol. The number of ether oxygens (including phenoxy) is 3. The minimum Gasteiger partial charge on any atom is -0.460 e. The molecule has 7 heteroatoms. The maximum atomic E-state index is 12.9. The quantitative estimate of drug-likeness (QED) is 0.501. The minimum absolute atomic E-state index is 0.131. The third-order valence-corrected chi connectivity index (χ3v) is 4.74. The van der Waals surface area contributed by atoms with Crippen LogP contribution in [0, 0.1) is 0 Å². The molecule has 0 radical (unpaired) electrons. The number of methoxy groups -OCH3 is 1. The first kappa shape index (κ1) is 22.2. The van der Waals surface area contributed by atoms with Crippen LogP contribution >= 0.6 is 15.9 Å². The first-order valence-electron chi connectivity index (χ1n) is 9.07. The van der Waals surface area contributed by atoms with Crippen molar-refractivity contribution in [2.45, 2.75) is 39.7 Å². The normalized spacial score (nSPS) is 16.9. The van der Waals surface area contributed by atoms with Gasteiger partial charge in [0, 0.05) is 23.0 Å². The van der Waals surface area contributed by atoms with Crippen molar-refractivity contribution in [3.05, 3.63) is 56.8 Å². The topological polar surface area (TPSA) is 73.9 Å². The molecule has 0 saturated carbocycles. The third kappa shape index (κ3) is 5.23. The van der Waals surface area contributed by atoms with Gasteiger partial charge >= 0.3 is 11.9 Å². The Morgan fingerprint density at radius 1 is 1.11 bits per heavy atom. The van der Waals surface area contributed by atoms with E-state index in [0.717, 1.165) is 10.0 Å². The van der Waals surface area contributed by atoms with E-state index in [9.17, 15) is 9.59 Å². The lowest BCUT2D eigenvalue weighted by Gasteiger charge is -2.31. The van der Waals surface area contributed by atoms with Crippen molar-refractivity contribution in [3.63, 3.8) is 0 Å². The maximum Gasteiger partial charge on any atom is 0.337 e. The molecule has 0 aromatic heterocycles. The smallest absolute Gasteiger partial charge is 0.337 e. The molecule has 1 aromatic rings. The first-order valence-corrected chi connectivity index (χ1v) is 9.86. The molecule has 6 nitrogen and oxygen atoms in total. The van der Waals surface area contributed by atoms with Crippen molar-refractivity contribution >= 4 is 27.9 Å². The van der Waals surface area contributed by atoms with Gasteiger partial charge in [-0.05, 0) is 45.4 Å². The van der Waals surface area contributed by atoms with E-state index in [4.69, 9.17) is 14.2 Å². The number of esters is 2. The molecule has 0 bridgehead atoms. The number of carbonyl (C=O) groups excluding carboxylic acids is 2. The second kappa shape index (κ2) is 9.89. The van der Waals surface area contributed by atoms with Gasteiger partial charge in [0.05, 0.1) is 29.8 Å². The van der Waals surface area contributed by atoms with Crippen LogP contribution in [0.15, 0.2) is 51.3 Å². The van der Waals surface area contributed by atoms with Crippen molar-refractivity contribution in [3.8, 4) is 0 Å². The Kier molecular flexibility index (Phi) is 7.83. The molecule has 1 aliphatic heterocycles. The van der Waals surface area contributed by atoms with Gasteiger partial charge in [0.15, 0.2) is 0 Å². The molecule has 1 heterocycles. The zero-order valence-electron chi connectivity index (χ0n) is 16.8. The summed E-state index contributed by atoms with van der Waals surface area (Å²) in [4.78, 5) is 25.8. The summed E-state index contributed by atoms with van der Waals surface area (Å²) in [6.45, 7) is 7.61. The highest BCUT2D eigenvalue weighted by atomic mass is 79.9. The fraction of sp³-hybridized carbons (Fsp3) is 0.429. The van der Waals surface area contributed by atoms with Gasteiger partial charge in [0.25, 0.3) is 0 Å². The van der Waals surface area contributed by atoms with Gasteiger partial charge in [0.2, 0.25) is 0 Å². The number of benzene rings is 1. The SMILES string of the molecule is COCCOC(=O)C1=C(C)NC(C)=C(C(=O)OC(C)C)C1c1cccc(Br)c1. The molecular weight excluding hydrogens is 426 g/mol. The largest absolute Gasteiger partial charge is 0.460 e. The second-order valence-corrected chi connectivity index (χ2v) is 7.69. The molecule has 1 aromatic carbocycles. The first-order chi connectivity index (χ1) is 13.3. The van der Waals surface area contributed by atoms with Gasteiger partial charge in [-0.25, -0.2) is 9.59 Å². The molecular formula is C21H26BrNO5. The molecule has 1 unspecified atom stereocenters. The van der Waals surface area contributed by atoms with Crippen LogP contribution in [-0.2, 0) is 23.8 Å². The van der Waals surface area contributed by atoms with Crippen molar-refractivity contribution in [2.75, 3.05) is 20.3 Å². The average Bonchev–Trinajstić information content (AvgIpc) is 2.60. The zero-order chi connectivity index (χ0) is 20.8. The number of dihydropyridines is 1. The van der Waals surface area contributed by atoms with E-state index in [1.807, 2.05) is 24.3 Å². The minimum atomic E-state index is -0.597. The Labute approximate surface area is 174 Å². The molecule has 0 saturated heterocycles. The highest BCUT2D eigenvalue weighted by Gasteiger charge is 2.38. The Balaban J connectivity index is 2.54. The van der Waals surface area contributed by atoms with Gasteiger partial charge < -0.3 is 19.5 Å². The molecule has 0 aliphatic carbocycles. The predicted octanol–water partition coefficient (Wildman–Crippen LogP) is 3.83. The highest BCUT2D eigenvalue weighted by Crippen LogP contribution is 2.40. The summed E-state index contributed by atoms with van der Waals surface area (Å²) in [6.07, 6.45) is -0.278. The summed E-state index contributed by atoms with van der Waals surface area (Å²) >= 11 is 3.47.